The number of amides is 2. The van der Waals surface area contributed by atoms with Gasteiger partial charge in [0.1, 0.15) is 17.2 Å². The maximum Gasteiger partial charge on any atom is 0.322 e. The van der Waals surface area contributed by atoms with E-state index in [9.17, 15) is 4.79 Å². The third kappa shape index (κ3) is 4.23. The summed E-state index contributed by atoms with van der Waals surface area (Å²) in [7, 11) is 4.79. The van der Waals surface area contributed by atoms with Crippen LogP contribution < -0.4 is 19.5 Å². The van der Waals surface area contributed by atoms with Gasteiger partial charge < -0.3 is 29.4 Å². The number of carbonyl (C=O) groups excluding carboxylic acids is 1. The fraction of sp³-hybridized carbons (Fsp3) is 0.222. The predicted octanol–water partition coefficient (Wildman–Crippen LogP) is 6.03. The van der Waals surface area contributed by atoms with E-state index in [1.165, 1.54) is 5.56 Å². The van der Waals surface area contributed by atoms with E-state index in [1.807, 2.05) is 47.4 Å². The lowest BCUT2D eigenvalue weighted by molar-refractivity contribution is 0.193. The Balaban J connectivity index is 1.57. The van der Waals surface area contributed by atoms with Crippen LogP contribution in [0.5, 0.6) is 17.2 Å². The number of urea groups is 1. The fourth-order valence-electron chi connectivity index (χ4n) is 4.71. The van der Waals surface area contributed by atoms with Crippen LogP contribution in [-0.2, 0) is 6.42 Å². The number of hydrogen-bond acceptors (Lipinski definition) is 4. The number of nitrogens with one attached hydrogen (secondary N) is 2. The smallest absolute Gasteiger partial charge is 0.322 e. The van der Waals surface area contributed by atoms with Crippen molar-refractivity contribution in [2.24, 2.45) is 0 Å². The molecule has 1 atom stereocenters. The Labute approximate surface area is 208 Å². The van der Waals surface area contributed by atoms with Gasteiger partial charge in [0, 0.05) is 34.2 Å². The molecule has 2 amide bonds. The van der Waals surface area contributed by atoms with Crippen molar-refractivity contribution < 1.29 is 19.0 Å². The normalized spacial score (nSPS) is 15.0. The maximum atomic E-state index is 13.7. The molecule has 1 aromatic heterocycles. The van der Waals surface area contributed by atoms with Gasteiger partial charge in [0.05, 0.1) is 33.1 Å². The minimum atomic E-state index is -0.326. The summed E-state index contributed by atoms with van der Waals surface area (Å²) in [6.07, 6.45) is 0.699. The Kier molecular flexibility index (Phi) is 6.17. The number of carbonyl (C=O) groups is 1. The number of anilines is 1. The molecular formula is C27H26ClN3O4. The third-order valence-electron chi connectivity index (χ3n) is 6.43. The van der Waals surface area contributed by atoms with Gasteiger partial charge in [-0.1, -0.05) is 23.7 Å². The monoisotopic (exact) mass is 491 g/mol. The van der Waals surface area contributed by atoms with Crippen molar-refractivity contribution in [3.63, 3.8) is 0 Å². The molecule has 0 radical (unpaired) electrons. The Hall–Kier alpha value is -3.84. The molecule has 0 fully saturated rings. The molecule has 0 bridgehead atoms. The molecule has 4 aromatic rings. The van der Waals surface area contributed by atoms with E-state index in [2.05, 4.69) is 10.3 Å². The van der Waals surface area contributed by atoms with Crippen molar-refractivity contribution in [2.75, 3.05) is 33.2 Å². The number of hydrogen-bond donors (Lipinski definition) is 2. The van der Waals surface area contributed by atoms with Crippen LogP contribution in [0, 0.1) is 0 Å². The quantitative estimate of drug-likeness (QED) is 0.357. The Morgan fingerprint density at radius 3 is 2.43 bits per heavy atom. The van der Waals surface area contributed by atoms with Crippen LogP contribution in [0.2, 0.25) is 5.02 Å². The van der Waals surface area contributed by atoms with E-state index in [0.717, 1.165) is 27.9 Å². The highest BCUT2D eigenvalue weighted by Gasteiger charge is 2.35. The number of halogens is 1. The number of rotatable bonds is 5. The number of aromatic nitrogens is 1. The number of H-pyrrole nitrogens is 1. The molecule has 2 heterocycles. The summed E-state index contributed by atoms with van der Waals surface area (Å²) < 4.78 is 16.1. The number of nitrogens with zero attached hydrogens (tertiary/aromatic N) is 1. The summed E-state index contributed by atoms with van der Waals surface area (Å²) in [5.41, 5.74) is 4.66. The molecule has 3 aromatic carbocycles. The second-order valence-electron chi connectivity index (χ2n) is 8.32. The van der Waals surface area contributed by atoms with Crippen molar-refractivity contribution in [1.29, 1.82) is 0 Å². The van der Waals surface area contributed by atoms with E-state index in [1.54, 1.807) is 39.5 Å². The van der Waals surface area contributed by atoms with Gasteiger partial charge >= 0.3 is 6.03 Å². The van der Waals surface area contributed by atoms with Crippen LogP contribution in [0.4, 0.5) is 10.5 Å². The summed E-state index contributed by atoms with van der Waals surface area (Å²) in [6.45, 7) is 0.529. The summed E-state index contributed by atoms with van der Waals surface area (Å²) in [5, 5.41) is 4.79. The summed E-state index contributed by atoms with van der Waals surface area (Å²) >= 11 is 6.30. The summed E-state index contributed by atoms with van der Waals surface area (Å²) in [5.74, 6) is 1.93. The summed E-state index contributed by atoms with van der Waals surface area (Å²) in [4.78, 5) is 19.1. The second kappa shape index (κ2) is 9.43. The first-order valence-electron chi connectivity index (χ1n) is 11.3. The Morgan fingerprint density at radius 2 is 1.71 bits per heavy atom. The molecule has 0 saturated carbocycles. The average Bonchev–Trinajstić information content (AvgIpc) is 3.25. The molecule has 0 aliphatic carbocycles. The lowest BCUT2D eigenvalue weighted by atomic mass is 9.92. The molecule has 0 unspecified atom stereocenters. The minimum Gasteiger partial charge on any atom is -0.497 e. The van der Waals surface area contributed by atoms with Crippen molar-refractivity contribution in [3.8, 4) is 17.2 Å². The SMILES string of the molecule is COc1ccc([C@@H]2c3[nH]c4ccc(Cl)cc4c3CCN2C(=O)Nc2cc(OC)ccc2OC)cc1. The highest BCUT2D eigenvalue weighted by molar-refractivity contribution is 6.31. The number of aromatic amines is 1. The topological polar surface area (TPSA) is 75.8 Å². The zero-order chi connectivity index (χ0) is 24.5. The van der Waals surface area contributed by atoms with Crippen LogP contribution in [-0.4, -0.2) is 43.8 Å². The molecule has 5 rings (SSSR count). The van der Waals surface area contributed by atoms with Crippen LogP contribution in [0.3, 0.4) is 0 Å². The van der Waals surface area contributed by atoms with E-state index >= 15 is 0 Å². The van der Waals surface area contributed by atoms with Gasteiger partial charge in [0.15, 0.2) is 0 Å². The molecule has 1 aliphatic rings. The Morgan fingerprint density at radius 1 is 0.971 bits per heavy atom. The van der Waals surface area contributed by atoms with Crippen LogP contribution in [0.1, 0.15) is 22.9 Å². The van der Waals surface area contributed by atoms with Gasteiger partial charge in [0.25, 0.3) is 0 Å². The zero-order valence-corrected chi connectivity index (χ0v) is 20.5. The first-order valence-corrected chi connectivity index (χ1v) is 11.6. The van der Waals surface area contributed by atoms with E-state index in [0.29, 0.717) is 35.2 Å². The number of fused-ring (bicyclic) bond motifs is 3. The molecule has 7 nitrogen and oxygen atoms in total. The average molecular weight is 492 g/mol. The molecule has 0 saturated heterocycles. The standard InChI is InChI=1S/C27H26ClN3O4/c1-33-18-7-4-16(5-8-18)26-25-20(21-14-17(28)6-10-22(21)29-25)12-13-31(26)27(32)30-23-15-19(34-2)9-11-24(23)35-3/h4-11,14-15,26,29H,12-13H2,1-3H3,(H,30,32)/t26-/m1/s1. The predicted molar refractivity (Wildman–Crippen MR) is 137 cm³/mol. The lowest BCUT2D eigenvalue weighted by Gasteiger charge is -2.36. The maximum absolute atomic E-state index is 13.7. The minimum absolute atomic E-state index is 0.236. The highest BCUT2D eigenvalue weighted by atomic mass is 35.5. The molecule has 35 heavy (non-hydrogen) atoms. The lowest BCUT2D eigenvalue weighted by Crippen LogP contribution is -2.43. The molecule has 1 aliphatic heterocycles. The first kappa shape index (κ1) is 22.9. The fourth-order valence-corrected chi connectivity index (χ4v) is 4.88. The van der Waals surface area contributed by atoms with Crippen LogP contribution in [0.25, 0.3) is 10.9 Å². The van der Waals surface area contributed by atoms with Crippen molar-refractivity contribution in [1.82, 2.24) is 9.88 Å². The molecule has 8 heteroatoms. The van der Waals surface area contributed by atoms with Crippen LogP contribution in [0.15, 0.2) is 60.7 Å². The van der Waals surface area contributed by atoms with Gasteiger partial charge in [-0.05, 0) is 60.0 Å². The van der Waals surface area contributed by atoms with Gasteiger partial charge in [-0.15, -0.1) is 0 Å². The molecule has 0 spiro atoms. The zero-order valence-electron chi connectivity index (χ0n) is 19.7. The van der Waals surface area contributed by atoms with E-state index < -0.39 is 0 Å². The molecule has 2 N–H and O–H groups in total. The highest BCUT2D eigenvalue weighted by Crippen LogP contribution is 2.40. The summed E-state index contributed by atoms with van der Waals surface area (Å²) in [6, 6.07) is 18.4. The Bertz CT molecular complexity index is 1380. The first-order chi connectivity index (χ1) is 17.0. The third-order valence-corrected chi connectivity index (χ3v) is 6.66. The van der Waals surface area contributed by atoms with Gasteiger partial charge in [-0.3, -0.25) is 0 Å². The van der Waals surface area contributed by atoms with Gasteiger partial charge in [0.2, 0.25) is 0 Å². The van der Waals surface area contributed by atoms with E-state index in [4.69, 9.17) is 25.8 Å². The number of methoxy groups -OCH3 is 3. The van der Waals surface area contributed by atoms with Crippen molar-refractivity contribution in [2.45, 2.75) is 12.5 Å². The number of benzene rings is 3. The molecule has 180 valence electrons. The largest absolute Gasteiger partial charge is 0.497 e. The second-order valence-corrected chi connectivity index (χ2v) is 8.76. The van der Waals surface area contributed by atoms with Crippen LogP contribution >= 0.6 is 11.6 Å². The van der Waals surface area contributed by atoms with Gasteiger partial charge in [-0.25, -0.2) is 4.79 Å². The molecular weight excluding hydrogens is 466 g/mol. The van der Waals surface area contributed by atoms with Crippen molar-refractivity contribution >= 4 is 34.2 Å². The van der Waals surface area contributed by atoms with E-state index in [-0.39, 0.29) is 12.1 Å². The number of ether oxygens (including phenoxy) is 3. The van der Waals surface area contributed by atoms with Crippen molar-refractivity contribution in [3.05, 3.63) is 82.5 Å². The van der Waals surface area contributed by atoms with Gasteiger partial charge in [-0.2, -0.15) is 0 Å².